The van der Waals surface area contributed by atoms with Crippen molar-refractivity contribution in [2.45, 2.75) is 12.4 Å². The number of nitrogens with zero attached hydrogens (tertiary/aromatic N) is 2. The topological polar surface area (TPSA) is 49.8 Å². The van der Waals surface area contributed by atoms with Gasteiger partial charge in [0.05, 0.1) is 0 Å². The fourth-order valence-electron chi connectivity index (χ4n) is 1.13. The number of aromatic nitrogens is 2. The van der Waals surface area contributed by atoms with Gasteiger partial charge in [0.25, 0.3) is 0 Å². The lowest BCUT2D eigenvalue weighted by atomic mass is 10.5. The van der Waals surface area contributed by atoms with Gasteiger partial charge in [0.15, 0.2) is 0 Å². The van der Waals surface area contributed by atoms with E-state index < -0.39 is 5.51 Å². The first-order chi connectivity index (χ1) is 7.90. The van der Waals surface area contributed by atoms with E-state index in [2.05, 4.69) is 20.6 Å². The third kappa shape index (κ3) is 5.62. The van der Waals surface area contributed by atoms with Crippen molar-refractivity contribution in [2.24, 2.45) is 0 Å². The van der Waals surface area contributed by atoms with Gasteiger partial charge < -0.3 is 10.6 Å². The van der Waals surface area contributed by atoms with Crippen LogP contribution in [-0.2, 0) is 0 Å². The maximum Gasteiger partial charge on any atom is 0.441 e. The molecule has 0 atom stereocenters. The largest absolute Gasteiger partial charge is 0.441 e. The van der Waals surface area contributed by atoms with Crippen LogP contribution in [0.2, 0.25) is 0 Å². The lowest BCUT2D eigenvalue weighted by molar-refractivity contribution is -0.0327. The Morgan fingerprint density at radius 1 is 1.29 bits per heavy atom. The minimum Gasteiger partial charge on any atom is -0.373 e. The normalized spacial score (nSPS) is 11.4. The average Bonchev–Trinajstić information content (AvgIpc) is 2.22. The van der Waals surface area contributed by atoms with Gasteiger partial charge in [-0.1, -0.05) is 0 Å². The van der Waals surface area contributed by atoms with Gasteiger partial charge in [-0.05, 0) is 18.7 Å². The highest BCUT2D eigenvalue weighted by atomic mass is 32.2. The molecule has 0 aliphatic heterocycles. The molecule has 1 rings (SSSR count). The maximum atomic E-state index is 11.9. The molecule has 2 N–H and O–H groups in total. The van der Waals surface area contributed by atoms with Crippen molar-refractivity contribution in [2.75, 3.05) is 30.0 Å². The molecule has 0 saturated heterocycles. The average molecular weight is 266 g/mol. The molecular formula is C9H13F3N4S. The van der Waals surface area contributed by atoms with Gasteiger partial charge in [-0.25, -0.2) is 9.97 Å². The monoisotopic (exact) mass is 266 g/mol. The number of hydrogen-bond donors (Lipinski definition) is 2. The minimum absolute atomic E-state index is 0.0541. The molecule has 8 heteroatoms. The van der Waals surface area contributed by atoms with Crippen LogP contribution in [0, 0.1) is 6.92 Å². The van der Waals surface area contributed by atoms with Crippen molar-refractivity contribution >= 4 is 23.4 Å². The van der Waals surface area contributed by atoms with E-state index in [1.165, 1.54) is 0 Å². The Morgan fingerprint density at radius 3 is 2.53 bits per heavy atom. The van der Waals surface area contributed by atoms with Gasteiger partial charge >= 0.3 is 5.51 Å². The Bertz CT molecular complexity index is 370. The summed E-state index contributed by atoms with van der Waals surface area (Å²) in [5.74, 6) is 1.65. The van der Waals surface area contributed by atoms with E-state index in [0.717, 1.165) is 0 Å². The molecule has 96 valence electrons. The number of anilines is 2. The highest BCUT2D eigenvalue weighted by molar-refractivity contribution is 8.00. The molecule has 1 aromatic heterocycles. The number of alkyl halides is 3. The van der Waals surface area contributed by atoms with Gasteiger partial charge in [-0.2, -0.15) is 13.2 Å². The van der Waals surface area contributed by atoms with Crippen LogP contribution in [0.5, 0.6) is 0 Å². The van der Waals surface area contributed by atoms with Gasteiger partial charge in [-0.15, -0.1) is 0 Å². The lowest BCUT2D eigenvalue weighted by Crippen LogP contribution is -2.11. The minimum atomic E-state index is -4.18. The molecule has 0 spiro atoms. The Labute approximate surface area is 101 Å². The molecule has 0 aromatic carbocycles. The molecule has 0 saturated carbocycles. The zero-order valence-electron chi connectivity index (χ0n) is 9.43. The first-order valence-electron chi connectivity index (χ1n) is 4.89. The van der Waals surface area contributed by atoms with Gasteiger partial charge in [0.2, 0.25) is 0 Å². The number of aryl methyl sites for hydroxylation is 1. The van der Waals surface area contributed by atoms with Crippen molar-refractivity contribution in [1.82, 2.24) is 9.97 Å². The Kier molecular flexibility index (Phi) is 4.86. The number of rotatable bonds is 5. The summed E-state index contributed by atoms with van der Waals surface area (Å²) in [7, 11) is 1.71. The third-order valence-electron chi connectivity index (χ3n) is 1.77. The van der Waals surface area contributed by atoms with E-state index >= 15 is 0 Å². The second-order valence-electron chi connectivity index (χ2n) is 3.16. The maximum absolute atomic E-state index is 11.9. The van der Waals surface area contributed by atoms with E-state index in [1.54, 1.807) is 20.0 Å². The molecule has 0 amide bonds. The first-order valence-corrected chi connectivity index (χ1v) is 5.87. The van der Waals surface area contributed by atoms with Crippen molar-refractivity contribution in [3.63, 3.8) is 0 Å². The Balaban J connectivity index is 2.44. The van der Waals surface area contributed by atoms with Crippen molar-refractivity contribution in [3.8, 4) is 0 Å². The van der Waals surface area contributed by atoms with E-state index in [1.807, 2.05) is 0 Å². The quantitative estimate of drug-likeness (QED) is 0.802. The van der Waals surface area contributed by atoms with Crippen molar-refractivity contribution < 1.29 is 13.2 Å². The summed E-state index contributed by atoms with van der Waals surface area (Å²) in [5.41, 5.74) is -4.18. The number of hydrogen-bond acceptors (Lipinski definition) is 5. The molecule has 0 aliphatic carbocycles. The fourth-order valence-corrected chi connectivity index (χ4v) is 1.57. The van der Waals surface area contributed by atoms with Crippen LogP contribution >= 0.6 is 11.8 Å². The number of halogens is 3. The molecule has 0 fully saturated rings. The highest BCUT2D eigenvalue weighted by Crippen LogP contribution is 2.29. The fraction of sp³-hybridized carbons (Fsp3) is 0.556. The Morgan fingerprint density at radius 2 is 1.94 bits per heavy atom. The van der Waals surface area contributed by atoms with E-state index in [9.17, 15) is 13.2 Å². The summed E-state index contributed by atoms with van der Waals surface area (Å²) in [6.45, 7) is 1.92. The molecular weight excluding hydrogens is 253 g/mol. The van der Waals surface area contributed by atoms with Crippen LogP contribution in [0.3, 0.4) is 0 Å². The van der Waals surface area contributed by atoms with Crippen LogP contribution in [0.25, 0.3) is 0 Å². The molecule has 1 aromatic rings. The van der Waals surface area contributed by atoms with Crippen molar-refractivity contribution in [1.29, 1.82) is 0 Å². The lowest BCUT2D eigenvalue weighted by Gasteiger charge is -2.09. The number of thioether (sulfide) groups is 1. The van der Waals surface area contributed by atoms with Crippen LogP contribution in [0.1, 0.15) is 5.82 Å². The molecule has 0 radical (unpaired) electrons. The summed E-state index contributed by atoms with van der Waals surface area (Å²) < 4.78 is 35.6. The summed E-state index contributed by atoms with van der Waals surface area (Å²) in [4.78, 5) is 8.14. The SMILES string of the molecule is CNc1cc(NCCSC(F)(F)F)nc(C)n1. The second kappa shape index (κ2) is 5.95. The molecule has 1 heterocycles. The number of nitrogens with one attached hydrogen (secondary N) is 2. The molecule has 0 bridgehead atoms. The molecule has 17 heavy (non-hydrogen) atoms. The van der Waals surface area contributed by atoms with Crippen LogP contribution in [0.4, 0.5) is 24.8 Å². The predicted molar refractivity (Wildman–Crippen MR) is 63.3 cm³/mol. The Hall–Kier alpha value is -1.18. The smallest absolute Gasteiger partial charge is 0.373 e. The highest BCUT2D eigenvalue weighted by Gasteiger charge is 2.27. The predicted octanol–water partition coefficient (Wildman–Crippen LogP) is 2.49. The van der Waals surface area contributed by atoms with Crippen LogP contribution in [0.15, 0.2) is 6.07 Å². The van der Waals surface area contributed by atoms with Gasteiger partial charge in [0, 0.05) is 25.4 Å². The summed E-state index contributed by atoms with van der Waals surface area (Å²) in [6.07, 6.45) is 0. The molecule has 4 nitrogen and oxygen atoms in total. The zero-order chi connectivity index (χ0) is 12.9. The second-order valence-corrected chi connectivity index (χ2v) is 4.32. The molecule has 0 aliphatic rings. The molecule has 0 unspecified atom stereocenters. The third-order valence-corrected chi connectivity index (χ3v) is 2.50. The zero-order valence-corrected chi connectivity index (χ0v) is 10.2. The summed E-state index contributed by atoms with van der Waals surface area (Å²) in [5, 5.41) is 5.67. The standard InChI is InChI=1S/C9H13F3N4S/c1-6-15-7(13-2)5-8(16-6)14-3-4-17-9(10,11)12/h5H,3-4H2,1-2H3,(H2,13,14,15,16). The van der Waals surface area contributed by atoms with E-state index in [0.29, 0.717) is 17.5 Å². The first kappa shape index (κ1) is 13.9. The van der Waals surface area contributed by atoms with E-state index in [4.69, 9.17) is 0 Å². The van der Waals surface area contributed by atoms with E-state index in [-0.39, 0.29) is 24.1 Å². The van der Waals surface area contributed by atoms with Gasteiger partial charge in [-0.3, -0.25) is 0 Å². The van der Waals surface area contributed by atoms with Crippen LogP contribution < -0.4 is 10.6 Å². The summed E-state index contributed by atoms with van der Waals surface area (Å²) in [6, 6.07) is 1.64. The van der Waals surface area contributed by atoms with Crippen LogP contribution in [-0.4, -0.2) is 34.8 Å². The summed E-state index contributed by atoms with van der Waals surface area (Å²) >= 11 is -0.0546. The van der Waals surface area contributed by atoms with Gasteiger partial charge in [0.1, 0.15) is 17.5 Å². The van der Waals surface area contributed by atoms with Crippen molar-refractivity contribution in [3.05, 3.63) is 11.9 Å².